The minimum absolute atomic E-state index is 0.540. The molecular formula is C27H21NO. The van der Waals surface area contributed by atoms with E-state index in [4.69, 9.17) is 4.74 Å². The summed E-state index contributed by atoms with van der Waals surface area (Å²) in [7, 11) is 0. The van der Waals surface area contributed by atoms with Crippen LogP contribution in [0.15, 0.2) is 109 Å². The molecule has 0 saturated carbocycles. The standard InChI is InChI=1S/C27H21NO/c1-2-6-21(7-3-1)22-12-10-20(11-13-22)19-29-27-9-5-4-8-25(27)23-14-15-26-24(18-23)16-17-28-26/h1-18,28H,19H2. The zero-order valence-corrected chi connectivity index (χ0v) is 16.0. The van der Waals surface area contributed by atoms with Gasteiger partial charge in [-0.3, -0.25) is 0 Å². The van der Waals surface area contributed by atoms with Gasteiger partial charge in [0.05, 0.1) is 0 Å². The maximum absolute atomic E-state index is 6.21. The van der Waals surface area contributed by atoms with E-state index in [0.29, 0.717) is 6.61 Å². The van der Waals surface area contributed by atoms with Crippen LogP contribution in [-0.2, 0) is 6.61 Å². The van der Waals surface area contributed by atoms with Crippen molar-refractivity contribution in [1.82, 2.24) is 4.98 Å². The zero-order valence-electron chi connectivity index (χ0n) is 16.0. The smallest absolute Gasteiger partial charge is 0.127 e. The van der Waals surface area contributed by atoms with Crippen LogP contribution in [0.3, 0.4) is 0 Å². The third-order valence-electron chi connectivity index (χ3n) is 5.21. The molecule has 140 valence electrons. The van der Waals surface area contributed by atoms with E-state index in [-0.39, 0.29) is 0 Å². The van der Waals surface area contributed by atoms with Gasteiger partial charge in [-0.1, -0.05) is 78.9 Å². The third kappa shape index (κ3) is 3.65. The monoisotopic (exact) mass is 375 g/mol. The minimum Gasteiger partial charge on any atom is -0.488 e. The van der Waals surface area contributed by atoms with Gasteiger partial charge in [0, 0.05) is 17.3 Å². The fourth-order valence-electron chi connectivity index (χ4n) is 3.64. The average Bonchev–Trinajstić information content (AvgIpc) is 3.27. The summed E-state index contributed by atoms with van der Waals surface area (Å²) in [6, 6.07) is 35.8. The van der Waals surface area contributed by atoms with Crippen LogP contribution >= 0.6 is 0 Å². The van der Waals surface area contributed by atoms with Crippen LogP contribution in [0.4, 0.5) is 0 Å². The van der Waals surface area contributed by atoms with Crippen LogP contribution in [-0.4, -0.2) is 4.98 Å². The molecule has 0 spiro atoms. The highest BCUT2D eigenvalue weighted by Gasteiger charge is 2.08. The van der Waals surface area contributed by atoms with Crippen molar-refractivity contribution < 1.29 is 4.74 Å². The number of aromatic nitrogens is 1. The molecule has 2 nitrogen and oxygen atoms in total. The van der Waals surface area contributed by atoms with E-state index in [1.54, 1.807) is 0 Å². The van der Waals surface area contributed by atoms with Crippen molar-refractivity contribution in [3.63, 3.8) is 0 Å². The maximum atomic E-state index is 6.21. The first-order valence-electron chi connectivity index (χ1n) is 9.80. The molecule has 0 saturated heterocycles. The van der Waals surface area contributed by atoms with Gasteiger partial charge in [-0.05, 0) is 51.9 Å². The number of para-hydroxylation sites is 1. The molecule has 0 aliphatic rings. The van der Waals surface area contributed by atoms with Crippen molar-refractivity contribution in [2.45, 2.75) is 6.61 Å². The lowest BCUT2D eigenvalue weighted by atomic mass is 10.0. The van der Waals surface area contributed by atoms with Gasteiger partial charge in [0.15, 0.2) is 0 Å². The van der Waals surface area contributed by atoms with Gasteiger partial charge >= 0.3 is 0 Å². The number of ether oxygens (including phenoxy) is 1. The highest BCUT2D eigenvalue weighted by Crippen LogP contribution is 2.32. The number of hydrogen-bond donors (Lipinski definition) is 1. The number of rotatable bonds is 5. The largest absolute Gasteiger partial charge is 0.488 e. The van der Waals surface area contributed by atoms with Gasteiger partial charge in [-0.25, -0.2) is 0 Å². The number of hydrogen-bond acceptors (Lipinski definition) is 1. The first kappa shape index (κ1) is 17.3. The van der Waals surface area contributed by atoms with Gasteiger partial charge in [0.2, 0.25) is 0 Å². The van der Waals surface area contributed by atoms with E-state index in [2.05, 4.69) is 89.9 Å². The van der Waals surface area contributed by atoms with E-state index in [1.807, 2.05) is 24.4 Å². The lowest BCUT2D eigenvalue weighted by molar-refractivity contribution is 0.307. The van der Waals surface area contributed by atoms with E-state index in [0.717, 1.165) is 28.0 Å². The average molecular weight is 375 g/mol. The quantitative estimate of drug-likeness (QED) is 0.349. The van der Waals surface area contributed by atoms with Gasteiger partial charge in [-0.2, -0.15) is 0 Å². The Bertz CT molecular complexity index is 1240. The molecule has 0 fully saturated rings. The maximum Gasteiger partial charge on any atom is 0.127 e. The molecule has 0 unspecified atom stereocenters. The number of aromatic amines is 1. The van der Waals surface area contributed by atoms with Crippen LogP contribution < -0.4 is 4.74 Å². The molecule has 0 radical (unpaired) electrons. The van der Waals surface area contributed by atoms with Crippen molar-refractivity contribution in [3.8, 4) is 28.0 Å². The SMILES string of the molecule is c1ccc(-c2ccc(COc3ccccc3-c3ccc4[nH]ccc4c3)cc2)cc1. The Morgan fingerprint density at radius 2 is 1.34 bits per heavy atom. The number of benzene rings is 4. The molecule has 0 amide bonds. The first-order valence-corrected chi connectivity index (χ1v) is 9.80. The van der Waals surface area contributed by atoms with Gasteiger partial charge in [0.1, 0.15) is 12.4 Å². The molecule has 5 rings (SSSR count). The van der Waals surface area contributed by atoms with E-state index in [1.165, 1.54) is 16.5 Å². The summed E-state index contributed by atoms with van der Waals surface area (Å²) in [5, 5.41) is 1.20. The highest BCUT2D eigenvalue weighted by molar-refractivity contribution is 5.86. The summed E-state index contributed by atoms with van der Waals surface area (Å²) in [6.07, 6.45) is 1.97. The van der Waals surface area contributed by atoms with Gasteiger partial charge < -0.3 is 9.72 Å². The normalized spacial score (nSPS) is 10.9. The predicted molar refractivity (Wildman–Crippen MR) is 120 cm³/mol. The van der Waals surface area contributed by atoms with E-state index in [9.17, 15) is 0 Å². The molecule has 1 aromatic heterocycles. The Balaban J connectivity index is 1.36. The lowest BCUT2D eigenvalue weighted by Crippen LogP contribution is -1.97. The van der Waals surface area contributed by atoms with Crippen molar-refractivity contribution in [1.29, 1.82) is 0 Å². The van der Waals surface area contributed by atoms with E-state index >= 15 is 0 Å². The summed E-state index contributed by atoms with van der Waals surface area (Å²) < 4.78 is 6.21. The molecule has 0 bridgehead atoms. The lowest BCUT2D eigenvalue weighted by Gasteiger charge is -2.12. The Labute approximate surface area is 170 Å². The number of H-pyrrole nitrogens is 1. The fourth-order valence-corrected chi connectivity index (χ4v) is 3.64. The molecule has 4 aromatic carbocycles. The van der Waals surface area contributed by atoms with Crippen LogP contribution in [0, 0.1) is 0 Å². The van der Waals surface area contributed by atoms with Gasteiger partial charge in [-0.15, -0.1) is 0 Å². The highest BCUT2D eigenvalue weighted by atomic mass is 16.5. The van der Waals surface area contributed by atoms with Crippen LogP contribution in [0.25, 0.3) is 33.2 Å². The molecule has 29 heavy (non-hydrogen) atoms. The second kappa shape index (κ2) is 7.69. The van der Waals surface area contributed by atoms with Crippen LogP contribution in [0.5, 0.6) is 5.75 Å². The van der Waals surface area contributed by atoms with Crippen molar-refractivity contribution in [2.75, 3.05) is 0 Å². The Hall–Kier alpha value is -3.78. The molecule has 0 aliphatic carbocycles. The minimum atomic E-state index is 0.540. The van der Waals surface area contributed by atoms with Crippen molar-refractivity contribution in [2.24, 2.45) is 0 Å². The molecule has 1 heterocycles. The topological polar surface area (TPSA) is 25.0 Å². The van der Waals surface area contributed by atoms with Gasteiger partial charge in [0.25, 0.3) is 0 Å². The Morgan fingerprint density at radius 3 is 2.21 bits per heavy atom. The second-order valence-electron chi connectivity index (χ2n) is 7.13. The first-order chi connectivity index (χ1) is 14.4. The number of nitrogens with one attached hydrogen (secondary N) is 1. The molecular weight excluding hydrogens is 354 g/mol. The summed E-state index contributed by atoms with van der Waals surface area (Å²) in [4.78, 5) is 3.24. The molecule has 1 N–H and O–H groups in total. The Kier molecular flexibility index (Phi) is 4.59. The molecule has 0 aliphatic heterocycles. The molecule has 2 heteroatoms. The van der Waals surface area contributed by atoms with E-state index < -0.39 is 0 Å². The van der Waals surface area contributed by atoms with Crippen LogP contribution in [0.1, 0.15) is 5.56 Å². The fraction of sp³-hybridized carbons (Fsp3) is 0.0370. The molecule has 0 atom stereocenters. The number of fused-ring (bicyclic) bond motifs is 1. The zero-order chi connectivity index (χ0) is 19.5. The van der Waals surface area contributed by atoms with Crippen molar-refractivity contribution in [3.05, 3.63) is 115 Å². The summed E-state index contributed by atoms with van der Waals surface area (Å²) in [6.45, 7) is 0.540. The third-order valence-corrected chi connectivity index (χ3v) is 5.21. The second-order valence-corrected chi connectivity index (χ2v) is 7.13. The summed E-state index contributed by atoms with van der Waals surface area (Å²) in [5.41, 5.74) is 7.01. The van der Waals surface area contributed by atoms with Crippen LogP contribution in [0.2, 0.25) is 0 Å². The Morgan fingerprint density at radius 1 is 0.621 bits per heavy atom. The summed E-state index contributed by atoms with van der Waals surface area (Å²) in [5.74, 6) is 0.898. The summed E-state index contributed by atoms with van der Waals surface area (Å²) >= 11 is 0. The predicted octanol–water partition coefficient (Wildman–Crippen LogP) is 7.08. The van der Waals surface area contributed by atoms with Crippen molar-refractivity contribution >= 4 is 10.9 Å². The molecule has 5 aromatic rings.